The van der Waals surface area contributed by atoms with Gasteiger partial charge < -0.3 is 5.11 Å². The molecule has 2 nitrogen and oxygen atoms in total. The van der Waals surface area contributed by atoms with Gasteiger partial charge in [0, 0.05) is 5.56 Å². The fourth-order valence-corrected chi connectivity index (χ4v) is 2.18. The lowest BCUT2D eigenvalue weighted by molar-refractivity contribution is 0.468. The Bertz CT molecular complexity index is 584. The van der Waals surface area contributed by atoms with Gasteiger partial charge in [-0.1, -0.05) is 34.8 Å². The van der Waals surface area contributed by atoms with E-state index in [1.165, 1.54) is 0 Å². The Kier molecular flexibility index (Phi) is 3.48. The first kappa shape index (κ1) is 12.5. The van der Waals surface area contributed by atoms with E-state index in [4.69, 9.17) is 34.8 Å². The summed E-state index contributed by atoms with van der Waals surface area (Å²) in [5, 5.41) is 10.7. The molecule has 0 radical (unpaired) electrons. The first-order valence-electron chi connectivity index (χ1n) is 4.81. The minimum atomic E-state index is 0.128. The van der Waals surface area contributed by atoms with Crippen LogP contribution in [-0.4, -0.2) is 10.1 Å². The van der Waals surface area contributed by atoms with Crippen molar-refractivity contribution in [2.75, 3.05) is 0 Å². The zero-order valence-electron chi connectivity index (χ0n) is 8.84. The Hall–Kier alpha value is -0.960. The average molecular weight is 289 g/mol. The van der Waals surface area contributed by atoms with Crippen LogP contribution < -0.4 is 0 Å². The van der Waals surface area contributed by atoms with E-state index in [0.717, 1.165) is 0 Å². The van der Waals surface area contributed by atoms with Gasteiger partial charge in [0.1, 0.15) is 5.75 Å². The summed E-state index contributed by atoms with van der Waals surface area (Å²) in [4.78, 5) is 4.23. The second kappa shape index (κ2) is 4.73. The Morgan fingerprint density at radius 2 is 1.65 bits per heavy atom. The minimum Gasteiger partial charge on any atom is -0.506 e. The molecule has 0 aliphatic carbocycles. The van der Waals surface area contributed by atoms with Gasteiger partial charge in [-0.05, 0) is 31.2 Å². The van der Waals surface area contributed by atoms with Crippen LogP contribution in [0.2, 0.25) is 15.1 Å². The highest BCUT2D eigenvalue weighted by molar-refractivity contribution is 6.46. The SMILES string of the molecule is Cc1nc(-c2c(Cl)ccc(Cl)c2Cl)ccc1O. The molecule has 0 atom stereocenters. The van der Waals surface area contributed by atoms with Crippen molar-refractivity contribution in [1.29, 1.82) is 0 Å². The maximum absolute atomic E-state index is 9.43. The predicted octanol–water partition coefficient (Wildman–Crippen LogP) is 4.72. The van der Waals surface area contributed by atoms with Gasteiger partial charge >= 0.3 is 0 Å². The number of aromatic hydroxyl groups is 1. The molecule has 1 N–H and O–H groups in total. The third-order valence-corrected chi connectivity index (χ3v) is 3.48. The third-order valence-electron chi connectivity index (χ3n) is 2.36. The molecule has 0 aliphatic rings. The van der Waals surface area contributed by atoms with Crippen LogP contribution in [0.5, 0.6) is 5.75 Å². The third kappa shape index (κ3) is 2.34. The lowest BCUT2D eigenvalue weighted by atomic mass is 10.1. The summed E-state index contributed by atoms with van der Waals surface area (Å²) in [6.45, 7) is 1.70. The van der Waals surface area contributed by atoms with Crippen molar-refractivity contribution in [2.45, 2.75) is 6.92 Å². The van der Waals surface area contributed by atoms with E-state index in [0.29, 0.717) is 32.0 Å². The van der Waals surface area contributed by atoms with Gasteiger partial charge in [-0.3, -0.25) is 0 Å². The van der Waals surface area contributed by atoms with Crippen molar-refractivity contribution >= 4 is 34.8 Å². The second-order valence-electron chi connectivity index (χ2n) is 3.52. The molecule has 1 aromatic carbocycles. The molecule has 0 aliphatic heterocycles. The number of halogens is 3. The van der Waals surface area contributed by atoms with Gasteiger partial charge in [0.25, 0.3) is 0 Å². The van der Waals surface area contributed by atoms with Crippen LogP contribution in [0.4, 0.5) is 0 Å². The van der Waals surface area contributed by atoms with Crippen LogP contribution in [0, 0.1) is 6.92 Å². The summed E-state index contributed by atoms with van der Waals surface area (Å²) in [7, 11) is 0. The number of aromatic nitrogens is 1. The predicted molar refractivity (Wildman–Crippen MR) is 71.1 cm³/mol. The normalized spacial score (nSPS) is 10.6. The highest BCUT2D eigenvalue weighted by atomic mass is 35.5. The number of aryl methyl sites for hydroxylation is 1. The molecule has 0 saturated carbocycles. The van der Waals surface area contributed by atoms with Gasteiger partial charge in [-0.2, -0.15) is 0 Å². The molecule has 2 aromatic rings. The number of nitrogens with zero attached hydrogens (tertiary/aromatic N) is 1. The quantitative estimate of drug-likeness (QED) is 0.770. The molecule has 0 saturated heterocycles. The van der Waals surface area contributed by atoms with Gasteiger partial charge in [-0.15, -0.1) is 0 Å². The standard InChI is InChI=1S/C12H8Cl3NO/c1-6-10(17)5-4-9(16-6)11-7(13)2-3-8(14)12(11)15/h2-5,17H,1H3. The topological polar surface area (TPSA) is 33.1 Å². The van der Waals surface area contributed by atoms with E-state index in [2.05, 4.69) is 4.98 Å². The van der Waals surface area contributed by atoms with Crippen LogP contribution in [-0.2, 0) is 0 Å². The molecule has 0 amide bonds. The fraction of sp³-hybridized carbons (Fsp3) is 0.0833. The molecular formula is C12H8Cl3NO. The maximum Gasteiger partial charge on any atom is 0.136 e. The number of hydrogen-bond donors (Lipinski definition) is 1. The molecule has 0 spiro atoms. The van der Waals surface area contributed by atoms with Gasteiger partial charge in [0.15, 0.2) is 0 Å². The lowest BCUT2D eigenvalue weighted by Gasteiger charge is -2.09. The summed E-state index contributed by atoms with van der Waals surface area (Å²) in [5.41, 5.74) is 1.66. The molecule has 2 rings (SSSR count). The minimum absolute atomic E-state index is 0.128. The number of rotatable bonds is 1. The highest BCUT2D eigenvalue weighted by Gasteiger charge is 2.13. The summed E-state index contributed by atoms with van der Waals surface area (Å²) >= 11 is 18.1. The molecule has 0 bridgehead atoms. The van der Waals surface area contributed by atoms with Crippen LogP contribution in [0.25, 0.3) is 11.3 Å². The van der Waals surface area contributed by atoms with Crippen LogP contribution in [0.3, 0.4) is 0 Å². The second-order valence-corrected chi connectivity index (χ2v) is 4.71. The first-order valence-corrected chi connectivity index (χ1v) is 5.94. The van der Waals surface area contributed by atoms with E-state index in [-0.39, 0.29) is 5.75 Å². The summed E-state index contributed by atoms with van der Waals surface area (Å²) in [6, 6.07) is 6.48. The smallest absolute Gasteiger partial charge is 0.136 e. The Morgan fingerprint density at radius 3 is 2.29 bits per heavy atom. The van der Waals surface area contributed by atoms with Crippen molar-refractivity contribution in [1.82, 2.24) is 4.98 Å². The molecule has 1 aromatic heterocycles. The van der Waals surface area contributed by atoms with E-state index < -0.39 is 0 Å². The molecule has 88 valence electrons. The average Bonchev–Trinajstić information content (AvgIpc) is 2.29. The van der Waals surface area contributed by atoms with E-state index >= 15 is 0 Å². The molecule has 5 heteroatoms. The van der Waals surface area contributed by atoms with Crippen molar-refractivity contribution in [3.63, 3.8) is 0 Å². The van der Waals surface area contributed by atoms with Gasteiger partial charge in [0.05, 0.1) is 26.5 Å². The van der Waals surface area contributed by atoms with Crippen molar-refractivity contribution in [2.24, 2.45) is 0 Å². The first-order chi connectivity index (χ1) is 8.00. The number of pyridine rings is 1. The largest absolute Gasteiger partial charge is 0.506 e. The van der Waals surface area contributed by atoms with E-state index in [1.807, 2.05) is 0 Å². The van der Waals surface area contributed by atoms with Crippen LogP contribution >= 0.6 is 34.8 Å². The molecular weight excluding hydrogens is 280 g/mol. The van der Waals surface area contributed by atoms with E-state index in [1.54, 1.807) is 31.2 Å². The van der Waals surface area contributed by atoms with E-state index in [9.17, 15) is 5.11 Å². The lowest BCUT2D eigenvalue weighted by Crippen LogP contribution is -1.89. The molecule has 0 unspecified atom stereocenters. The zero-order chi connectivity index (χ0) is 12.6. The molecule has 17 heavy (non-hydrogen) atoms. The molecule has 0 fully saturated rings. The number of benzene rings is 1. The fourth-order valence-electron chi connectivity index (χ4n) is 1.45. The number of hydrogen-bond acceptors (Lipinski definition) is 2. The Morgan fingerprint density at radius 1 is 1.00 bits per heavy atom. The summed E-state index contributed by atoms with van der Waals surface area (Å²) in [6.07, 6.45) is 0. The Balaban J connectivity index is 2.68. The van der Waals surface area contributed by atoms with Crippen molar-refractivity contribution in [3.05, 3.63) is 45.0 Å². The van der Waals surface area contributed by atoms with Crippen LogP contribution in [0.1, 0.15) is 5.69 Å². The van der Waals surface area contributed by atoms with Crippen molar-refractivity contribution < 1.29 is 5.11 Å². The van der Waals surface area contributed by atoms with Gasteiger partial charge in [-0.25, -0.2) is 4.98 Å². The highest BCUT2D eigenvalue weighted by Crippen LogP contribution is 2.38. The van der Waals surface area contributed by atoms with Crippen LogP contribution in [0.15, 0.2) is 24.3 Å². The van der Waals surface area contributed by atoms with Crippen molar-refractivity contribution in [3.8, 4) is 17.0 Å². The monoisotopic (exact) mass is 287 g/mol. The zero-order valence-corrected chi connectivity index (χ0v) is 11.1. The maximum atomic E-state index is 9.43. The van der Waals surface area contributed by atoms with Gasteiger partial charge in [0.2, 0.25) is 0 Å². The Labute approximate surface area is 114 Å². The molecule has 1 heterocycles. The summed E-state index contributed by atoms with van der Waals surface area (Å²) < 4.78 is 0. The summed E-state index contributed by atoms with van der Waals surface area (Å²) in [5.74, 6) is 0.128.